The van der Waals surface area contributed by atoms with Crippen LogP contribution in [0.3, 0.4) is 0 Å². The molecule has 2 amide bonds. The van der Waals surface area contributed by atoms with Crippen LogP contribution >= 0.6 is 11.6 Å². The van der Waals surface area contributed by atoms with Crippen molar-refractivity contribution in [3.05, 3.63) is 46.6 Å². The van der Waals surface area contributed by atoms with Crippen molar-refractivity contribution in [1.82, 2.24) is 14.7 Å². The van der Waals surface area contributed by atoms with Crippen LogP contribution < -0.4 is 5.32 Å². The molecule has 0 saturated carbocycles. The molecule has 3 rings (SSSR count). The van der Waals surface area contributed by atoms with Crippen LogP contribution in [-0.2, 0) is 16.6 Å². The molecule has 9 heteroatoms. The van der Waals surface area contributed by atoms with Gasteiger partial charge in [-0.05, 0) is 31.9 Å². The third-order valence-corrected chi connectivity index (χ3v) is 5.19. The molecule has 0 radical (unpaired) electrons. The van der Waals surface area contributed by atoms with Gasteiger partial charge in [-0.15, -0.1) is 0 Å². The first-order valence-corrected chi connectivity index (χ1v) is 9.84. The quantitative estimate of drug-likeness (QED) is 0.753. The van der Waals surface area contributed by atoms with Gasteiger partial charge in [-0.1, -0.05) is 23.7 Å². The number of hydrogen-bond donors (Lipinski definition) is 1. The van der Waals surface area contributed by atoms with E-state index in [1.165, 1.54) is 10.7 Å². The number of ether oxygens (including phenoxy) is 1. The van der Waals surface area contributed by atoms with Crippen molar-refractivity contribution in [2.45, 2.75) is 19.8 Å². The zero-order chi connectivity index (χ0) is 21.0. The number of benzene rings is 1. The molecule has 154 valence electrons. The number of aryl methyl sites for hydroxylation is 1. The number of halogens is 1. The van der Waals surface area contributed by atoms with Crippen LogP contribution in [0.5, 0.6) is 0 Å². The van der Waals surface area contributed by atoms with E-state index < -0.39 is 0 Å². The average Bonchev–Trinajstić information content (AvgIpc) is 3.08. The van der Waals surface area contributed by atoms with E-state index in [-0.39, 0.29) is 29.4 Å². The van der Waals surface area contributed by atoms with Gasteiger partial charge in [-0.3, -0.25) is 19.1 Å². The second kappa shape index (κ2) is 9.09. The third-order valence-electron chi connectivity index (χ3n) is 4.86. The summed E-state index contributed by atoms with van der Waals surface area (Å²) in [5.74, 6) is -0.608. The van der Waals surface area contributed by atoms with Crippen LogP contribution in [-0.4, -0.2) is 52.2 Å². The number of hydrogen-bond acceptors (Lipinski definition) is 5. The van der Waals surface area contributed by atoms with Crippen molar-refractivity contribution < 1.29 is 19.1 Å². The molecule has 8 nitrogen and oxygen atoms in total. The summed E-state index contributed by atoms with van der Waals surface area (Å²) in [6.07, 6.45) is 1.13. The fourth-order valence-corrected chi connectivity index (χ4v) is 3.48. The number of piperidine rings is 1. The number of rotatable bonds is 5. The lowest BCUT2D eigenvalue weighted by Gasteiger charge is -2.30. The second-order valence-electron chi connectivity index (χ2n) is 6.79. The van der Waals surface area contributed by atoms with Gasteiger partial charge in [0.05, 0.1) is 23.1 Å². The summed E-state index contributed by atoms with van der Waals surface area (Å²) >= 11 is 6.06. The number of carbonyl (C=O) groups excluding carboxylic acids is 3. The molecule has 1 fully saturated rings. The third kappa shape index (κ3) is 4.76. The molecular formula is C20H23ClN4O4. The Morgan fingerprint density at radius 2 is 1.93 bits per heavy atom. The van der Waals surface area contributed by atoms with E-state index in [9.17, 15) is 14.4 Å². The Labute approximate surface area is 173 Å². The van der Waals surface area contributed by atoms with Crippen LogP contribution in [0.1, 0.15) is 40.6 Å². The van der Waals surface area contributed by atoms with Gasteiger partial charge in [0.15, 0.2) is 5.69 Å². The molecule has 0 unspecified atom stereocenters. The molecule has 1 N–H and O–H groups in total. The van der Waals surface area contributed by atoms with E-state index in [4.69, 9.17) is 16.3 Å². The molecule has 2 aromatic rings. The summed E-state index contributed by atoms with van der Waals surface area (Å²) < 4.78 is 6.49. The first-order valence-electron chi connectivity index (χ1n) is 9.46. The molecule has 0 spiro atoms. The Balaban J connectivity index is 1.64. The largest absolute Gasteiger partial charge is 0.466 e. The van der Waals surface area contributed by atoms with Gasteiger partial charge in [0, 0.05) is 26.2 Å². The fourth-order valence-electron chi connectivity index (χ4n) is 3.26. The number of nitrogens with one attached hydrogen (secondary N) is 1. The molecular weight excluding hydrogens is 396 g/mol. The summed E-state index contributed by atoms with van der Waals surface area (Å²) in [5, 5.41) is 7.29. The van der Waals surface area contributed by atoms with Gasteiger partial charge in [0.1, 0.15) is 5.82 Å². The fraction of sp³-hybridized carbons (Fsp3) is 0.400. The van der Waals surface area contributed by atoms with Gasteiger partial charge < -0.3 is 15.0 Å². The summed E-state index contributed by atoms with van der Waals surface area (Å²) in [5.41, 5.74) is 0.570. The standard InChI is InChI=1S/C20H23ClN4O4/c1-3-29-20(28)13-8-10-25(11-9-13)19(27)16-12-17(24(2)23-16)22-18(26)14-6-4-5-7-15(14)21/h4-7,12-13H,3,8-11H2,1-2H3,(H,22,26). The zero-order valence-corrected chi connectivity index (χ0v) is 17.1. The van der Waals surface area contributed by atoms with E-state index in [0.717, 1.165) is 0 Å². The first-order chi connectivity index (χ1) is 13.9. The van der Waals surface area contributed by atoms with E-state index in [1.807, 2.05) is 0 Å². The normalized spacial score (nSPS) is 14.5. The SMILES string of the molecule is CCOC(=O)C1CCN(C(=O)c2cc(NC(=O)c3ccccc3Cl)n(C)n2)CC1. The van der Waals surface area contributed by atoms with Gasteiger partial charge in [0.2, 0.25) is 0 Å². The van der Waals surface area contributed by atoms with Crippen molar-refractivity contribution >= 4 is 35.2 Å². The van der Waals surface area contributed by atoms with Crippen molar-refractivity contribution in [2.75, 3.05) is 25.0 Å². The van der Waals surface area contributed by atoms with E-state index in [2.05, 4.69) is 10.4 Å². The van der Waals surface area contributed by atoms with E-state index in [0.29, 0.717) is 48.9 Å². The number of esters is 1. The van der Waals surface area contributed by atoms with Gasteiger partial charge >= 0.3 is 5.97 Å². The highest BCUT2D eigenvalue weighted by Crippen LogP contribution is 2.22. The minimum atomic E-state index is -0.382. The number of carbonyl (C=O) groups is 3. The summed E-state index contributed by atoms with van der Waals surface area (Å²) in [6, 6.07) is 8.25. The van der Waals surface area contributed by atoms with Crippen molar-refractivity contribution in [1.29, 1.82) is 0 Å². The maximum Gasteiger partial charge on any atom is 0.309 e. The highest BCUT2D eigenvalue weighted by atomic mass is 35.5. The van der Waals surface area contributed by atoms with Crippen molar-refractivity contribution in [3.63, 3.8) is 0 Å². The number of anilines is 1. The van der Waals surface area contributed by atoms with E-state index in [1.54, 1.807) is 43.1 Å². The van der Waals surface area contributed by atoms with Crippen LogP contribution in [0.4, 0.5) is 5.82 Å². The van der Waals surface area contributed by atoms with Gasteiger partial charge in [-0.2, -0.15) is 5.10 Å². The maximum atomic E-state index is 12.8. The van der Waals surface area contributed by atoms with Gasteiger partial charge in [0.25, 0.3) is 11.8 Å². The average molecular weight is 419 g/mol. The molecule has 0 atom stereocenters. The minimum absolute atomic E-state index is 0.173. The maximum absolute atomic E-state index is 12.8. The Morgan fingerprint density at radius 3 is 2.59 bits per heavy atom. The molecule has 1 aliphatic rings. The van der Waals surface area contributed by atoms with Crippen molar-refractivity contribution in [3.8, 4) is 0 Å². The lowest BCUT2D eigenvalue weighted by molar-refractivity contribution is -0.149. The molecule has 29 heavy (non-hydrogen) atoms. The number of amides is 2. The Hall–Kier alpha value is -2.87. The topological polar surface area (TPSA) is 93.5 Å². The predicted octanol–water partition coefficient (Wildman–Crippen LogP) is 2.74. The van der Waals surface area contributed by atoms with Crippen LogP contribution in [0.25, 0.3) is 0 Å². The number of aromatic nitrogens is 2. The molecule has 2 heterocycles. The smallest absolute Gasteiger partial charge is 0.309 e. The van der Waals surface area contributed by atoms with Crippen LogP contribution in [0, 0.1) is 5.92 Å². The summed E-state index contributed by atoms with van der Waals surface area (Å²) in [7, 11) is 1.64. The molecule has 1 aromatic carbocycles. The highest BCUT2D eigenvalue weighted by molar-refractivity contribution is 6.34. The lowest BCUT2D eigenvalue weighted by Crippen LogP contribution is -2.40. The van der Waals surface area contributed by atoms with E-state index >= 15 is 0 Å². The zero-order valence-electron chi connectivity index (χ0n) is 16.4. The number of likely N-dealkylation sites (tertiary alicyclic amines) is 1. The molecule has 0 bridgehead atoms. The Bertz CT molecular complexity index is 919. The summed E-state index contributed by atoms with van der Waals surface area (Å²) in [6.45, 7) is 3.05. The molecule has 1 aromatic heterocycles. The Kier molecular flexibility index (Phi) is 6.53. The Morgan fingerprint density at radius 1 is 1.24 bits per heavy atom. The first kappa shape index (κ1) is 20.9. The minimum Gasteiger partial charge on any atom is -0.466 e. The molecule has 1 saturated heterocycles. The van der Waals surface area contributed by atoms with Gasteiger partial charge in [-0.25, -0.2) is 0 Å². The summed E-state index contributed by atoms with van der Waals surface area (Å²) in [4.78, 5) is 38.7. The lowest BCUT2D eigenvalue weighted by atomic mass is 9.97. The van der Waals surface area contributed by atoms with Crippen LogP contribution in [0.2, 0.25) is 5.02 Å². The van der Waals surface area contributed by atoms with Crippen molar-refractivity contribution in [2.24, 2.45) is 13.0 Å². The highest BCUT2D eigenvalue weighted by Gasteiger charge is 2.30. The molecule has 0 aliphatic carbocycles. The monoisotopic (exact) mass is 418 g/mol. The van der Waals surface area contributed by atoms with Crippen LogP contribution in [0.15, 0.2) is 30.3 Å². The second-order valence-corrected chi connectivity index (χ2v) is 7.20. The number of nitrogens with zero attached hydrogens (tertiary/aromatic N) is 3. The predicted molar refractivity (Wildman–Crippen MR) is 108 cm³/mol. The molecule has 1 aliphatic heterocycles.